The van der Waals surface area contributed by atoms with Crippen molar-refractivity contribution in [2.75, 3.05) is 18.4 Å². The van der Waals surface area contributed by atoms with E-state index in [0.717, 1.165) is 38.8 Å². The summed E-state index contributed by atoms with van der Waals surface area (Å²) in [6, 6.07) is 0.0548. The largest absolute Gasteiger partial charge is 0.408 e. The molecular weight excluding hydrogens is 268 g/mol. The van der Waals surface area contributed by atoms with Crippen LogP contribution in [0.4, 0.5) is 6.01 Å². The number of carbonyl (C=O) groups is 1. The Balaban J connectivity index is 1.32. The molecule has 0 radical (unpaired) electrons. The number of hydrogen-bond acceptors (Lipinski definition) is 5. The number of carbonyl (C=O) groups excluding carboxylic acids is 1. The van der Waals surface area contributed by atoms with Crippen LogP contribution in [0.3, 0.4) is 0 Å². The monoisotopic (exact) mass is 290 g/mol. The number of nitrogens with zero attached hydrogens (tertiary/aromatic N) is 3. The maximum Gasteiger partial charge on any atom is 0.316 e. The Morgan fingerprint density at radius 3 is 2.62 bits per heavy atom. The molecule has 0 unspecified atom stereocenters. The third-order valence-corrected chi connectivity index (χ3v) is 5.17. The Hall–Kier alpha value is -1.59. The number of anilines is 1. The zero-order valence-electron chi connectivity index (χ0n) is 12.5. The van der Waals surface area contributed by atoms with Crippen molar-refractivity contribution in [3.05, 3.63) is 5.89 Å². The number of rotatable bonds is 4. The van der Waals surface area contributed by atoms with Crippen LogP contribution in [0.2, 0.25) is 0 Å². The first kappa shape index (κ1) is 13.1. The summed E-state index contributed by atoms with van der Waals surface area (Å²) in [5.41, 5.74) is 0.596. The van der Waals surface area contributed by atoms with Crippen LogP contribution in [0, 0.1) is 5.41 Å². The number of piperidine rings is 1. The smallest absolute Gasteiger partial charge is 0.316 e. The van der Waals surface area contributed by atoms with Gasteiger partial charge in [0.25, 0.3) is 0 Å². The lowest BCUT2D eigenvalue weighted by Crippen LogP contribution is -2.45. The fourth-order valence-electron chi connectivity index (χ4n) is 3.19. The van der Waals surface area contributed by atoms with Gasteiger partial charge in [-0.2, -0.15) is 0 Å². The summed E-state index contributed by atoms with van der Waals surface area (Å²) in [5, 5.41) is 11.1. The molecule has 6 heteroatoms. The Labute approximate surface area is 124 Å². The minimum absolute atomic E-state index is 0.136. The van der Waals surface area contributed by atoms with Crippen molar-refractivity contribution in [3.63, 3.8) is 0 Å². The minimum Gasteiger partial charge on any atom is -0.408 e. The summed E-state index contributed by atoms with van der Waals surface area (Å²) >= 11 is 0. The van der Waals surface area contributed by atoms with Crippen LogP contribution in [0.15, 0.2) is 4.42 Å². The molecule has 4 rings (SSSR count). The summed E-state index contributed by atoms with van der Waals surface area (Å²) in [4.78, 5) is 14.4. The second-order valence-electron chi connectivity index (χ2n) is 6.91. The average molecular weight is 290 g/mol. The molecule has 1 aliphatic heterocycles. The van der Waals surface area contributed by atoms with Gasteiger partial charge in [-0.1, -0.05) is 5.10 Å². The number of aromatic nitrogens is 2. The predicted molar refractivity (Wildman–Crippen MR) is 76.8 cm³/mol. The molecule has 0 bridgehead atoms. The highest BCUT2D eigenvalue weighted by atomic mass is 16.4. The van der Waals surface area contributed by atoms with Crippen LogP contribution < -0.4 is 5.32 Å². The number of likely N-dealkylation sites (tertiary alicyclic amines) is 1. The topological polar surface area (TPSA) is 71.3 Å². The van der Waals surface area contributed by atoms with Crippen LogP contribution in [-0.2, 0) is 4.79 Å². The van der Waals surface area contributed by atoms with E-state index in [1.165, 1.54) is 12.8 Å². The molecule has 1 aromatic heterocycles. The van der Waals surface area contributed by atoms with E-state index in [1.54, 1.807) is 0 Å². The molecule has 1 saturated heterocycles. The lowest BCUT2D eigenvalue weighted by molar-refractivity contribution is -0.133. The first-order chi connectivity index (χ1) is 10.2. The van der Waals surface area contributed by atoms with Gasteiger partial charge in [0.1, 0.15) is 6.04 Å². The fraction of sp³-hybridized carbons (Fsp3) is 0.800. The van der Waals surface area contributed by atoms with Gasteiger partial charge in [0, 0.05) is 19.0 Å². The molecule has 2 heterocycles. The van der Waals surface area contributed by atoms with Crippen LogP contribution >= 0.6 is 0 Å². The van der Waals surface area contributed by atoms with Gasteiger partial charge in [-0.15, -0.1) is 5.10 Å². The lowest BCUT2D eigenvalue weighted by atomic mass is 9.93. The molecule has 1 aromatic rings. The van der Waals surface area contributed by atoms with Crippen LogP contribution in [-0.4, -0.2) is 40.1 Å². The van der Waals surface area contributed by atoms with Crippen molar-refractivity contribution in [3.8, 4) is 0 Å². The minimum atomic E-state index is -0.314. The van der Waals surface area contributed by atoms with Gasteiger partial charge < -0.3 is 14.6 Å². The van der Waals surface area contributed by atoms with Gasteiger partial charge >= 0.3 is 6.01 Å². The molecular formula is C15H22N4O2. The summed E-state index contributed by atoms with van der Waals surface area (Å²) < 4.78 is 5.55. The molecule has 3 fully saturated rings. The highest BCUT2D eigenvalue weighted by Gasteiger charge is 2.45. The fourth-order valence-corrected chi connectivity index (χ4v) is 3.19. The van der Waals surface area contributed by atoms with E-state index in [2.05, 4.69) is 15.5 Å². The molecule has 1 spiro atoms. The Bertz CT molecular complexity index is 538. The average Bonchev–Trinajstić information content (AvgIpc) is 3.42. The zero-order valence-corrected chi connectivity index (χ0v) is 12.5. The lowest BCUT2D eigenvalue weighted by Gasteiger charge is -2.33. The van der Waals surface area contributed by atoms with Gasteiger partial charge in [-0.25, -0.2) is 0 Å². The van der Waals surface area contributed by atoms with Crippen molar-refractivity contribution in [1.82, 2.24) is 15.1 Å². The second kappa shape index (κ2) is 4.71. The van der Waals surface area contributed by atoms with E-state index in [1.807, 2.05) is 11.8 Å². The Morgan fingerprint density at radius 2 is 2.00 bits per heavy atom. The molecule has 1 N–H and O–H groups in total. The third kappa shape index (κ3) is 2.63. The highest BCUT2D eigenvalue weighted by molar-refractivity contribution is 5.83. The van der Waals surface area contributed by atoms with Crippen molar-refractivity contribution in [2.45, 2.75) is 57.4 Å². The summed E-state index contributed by atoms with van der Waals surface area (Å²) in [6.45, 7) is 3.65. The van der Waals surface area contributed by atoms with E-state index >= 15 is 0 Å². The van der Waals surface area contributed by atoms with Gasteiger partial charge in [-0.3, -0.25) is 4.79 Å². The number of nitrogens with one attached hydrogen (secondary N) is 1. The van der Waals surface area contributed by atoms with E-state index in [-0.39, 0.29) is 11.9 Å². The maximum atomic E-state index is 12.5. The van der Waals surface area contributed by atoms with Crippen LogP contribution in [0.1, 0.15) is 57.3 Å². The molecule has 21 heavy (non-hydrogen) atoms. The van der Waals surface area contributed by atoms with Gasteiger partial charge in [0.15, 0.2) is 0 Å². The quantitative estimate of drug-likeness (QED) is 0.920. The zero-order chi connectivity index (χ0) is 14.4. The first-order valence-electron chi connectivity index (χ1n) is 8.04. The molecule has 2 aliphatic carbocycles. The number of amides is 1. The maximum absolute atomic E-state index is 12.5. The van der Waals surface area contributed by atoms with Crippen molar-refractivity contribution in [1.29, 1.82) is 0 Å². The number of hydrogen-bond donors (Lipinski definition) is 1. The van der Waals surface area contributed by atoms with Crippen LogP contribution in [0.5, 0.6) is 0 Å². The van der Waals surface area contributed by atoms with Gasteiger partial charge in [0.2, 0.25) is 11.8 Å². The first-order valence-corrected chi connectivity index (χ1v) is 8.04. The van der Waals surface area contributed by atoms with E-state index < -0.39 is 0 Å². The molecule has 114 valence electrons. The third-order valence-electron chi connectivity index (χ3n) is 5.17. The molecule has 3 aliphatic rings. The van der Waals surface area contributed by atoms with E-state index in [0.29, 0.717) is 23.2 Å². The summed E-state index contributed by atoms with van der Waals surface area (Å²) in [7, 11) is 0. The van der Waals surface area contributed by atoms with Crippen molar-refractivity contribution in [2.24, 2.45) is 5.41 Å². The molecule has 6 nitrogen and oxygen atoms in total. The standard InChI is InChI=1S/C15H22N4O2/c1-10(16-14-18-17-12(21-14)11-2-3-11)13(20)19-8-6-15(4-5-15)7-9-19/h10-11H,2-9H2,1H3,(H,16,18)/t10-/m0/s1. The molecule has 0 aromatic carbocycles. The Kier molecular flexibility index (Phi) is 2.94. The van der Waals surface area contributed by atoms with Crippen molar-refractivity contribution >= 4 is 11.9 Å². The highest BCUT2D eigenvalue weighted by Crippen LogP contribution is 2.53. The molecule has 1 atom stereocenters. The van der Waals surface area contributed by atoms with E-state index in [9.17, 15) is 4.79 Å². The molecule has 1 amide bonds. The molecule has 2 saturated carbocycles. The van der Waals surface area contributed by atoms with Crippen molar-refractivity contribution < 1.29 is 9.21 Å². The summed E-state index contributed by atoms with van der Waals surface area (Å²) in [5.74, 6) is 1.28. The second-order valence-corrected chi connectivity index (χ2v) is 6.91. The summed E-state index contributed by atoms with van der Waals surface area (Å²) in [6.07, 6.45) is 7.30. The van der Waals surface area contributed by atoms with Gasteiger partial charge in [0.05, 0.1) is 0 Å². The SMILES string of the molecule is C[C@H](Nc1nnc(C2CC2)o1)C(=O)N1CCC2(CC1)CC2. The predicted octanol–water partition coefficient (Wildman–Crippen LogP) is 2.15. The van der Waals surface area contributed by atoms with Crippen LogP contribution in [0.25, 0.3) is 0 Å². The van der Waals surface area contributed by atoms with Gasteiger partial charge in [-0.05, 0) is 50.9 Å². The van der Waals surface area contributed by atoms with E-state index in [4.69, 9.17) is 4.42 Å². The Morgan fingerprint density at radius 1 is 1.29 bits per heavy atom. The normalized spacial score (nSPS) is 24.9.